The van der Waals surface area contributed by atoms with E-state index in [1.54, 1.807) is 11.3 Å². The normalized spacial score (nSPS) is 25.3. The molecule has 1 aromatic heterocycles. The molecule has 0 bridgehead atoms. The number of anilines is 2. The summed E-state index contributed by atoms with van der Waals surface area (Å²) in [5.74, 6) is 0. The molecule has 4 rings (SSSR count). The summed E-state index contributed by atoms with van der Waals surface area (Å²) in [4.78, 5) is 4.99. The second-order valence-electron chi connectivity index (χ2n) is 8.19. The SMILES string of the molecule is CCN1CC2(CCN(c3nnc(NC(C)NC4CCCC4)s3)CC2)C1. The maximum absolute atomic E-state index is 4.44. The Morgan fingerprint density at radius 2 is 1.92 bits per heavy atom. The molecule has 3 aliphatic rings. The van der Waals surface area contributed by atoms with Crippen molar-refractivity contribution in [2.45, 2.75) is 64.6 Å². The zero-order chi connectivity index (χ0) is 17.3. The lowest BCUT2D eigenvalue weighted by atomic mass is 9.72. The van der Waals surface area contributed by atoms with Crippen LogP contribution in [0, 0.1) is 5.41 Å². The fraction of sp³-hybridized carbons (Fsp3) is 0.889. The first kappa shape index (κ1) is 17.5. The van der Waals surface area contributed by atoms with Gasteiger partial charge in [-0.15, -0.1) is 10.2 Å². The number of likely N-dealkylation sites (tertiary alicyclic amines) is 1. The lowest BCUT2D eigenvalue weighted by Gasteiger charge is -2.53. The van der Waals surface area contributed by atoms with Gasteiger partial charge in [-0.05, 0) is 44.6 Å². The van der Waals surface area contributed by atoms with Gasteiger partial charge in [0.1, 0.15) is 0 Å². The van der Waals surface area contributed by atoms with E-state index < -0.39 is 0 Å². The molecule has 0 amide bonds. The number of rotatable bonds is 6. The quantitative estimate of drug-likeness (QED) is 0.757. The van der Waals surface area contributed by atoms with Crippen LogP contribution in [-0.2, 0) is 0 Å². The highest BCUT2D eigenvalue weighted by atomic mass is 32.1. The second-order valence-corrected chi connectivity index (χ2v) is 9.15. The maximum atomic E-state index is 4.44. The third kappa shape index (κ3) is 3.93. The number of hydrogen-bond acceptors (Lipinski definition) is 7. The van der Waals surface area contributed by atoms with Crippen molar-refractivity contribution in [1.29, 1.82) is 0 Å². The van der Waals surface area contributed by atoms with Crippen LogP contribution in [0.1, 0.15) is 52.4 Å². The Labute approximate surface area is 155 Å². The Balaban J connectivity index is 1.25. The highest BCUT2D eigenvalue weighted by Gasteiger charge is 2.44. The molecule has 1 aliphatic carbocycles. The van der Waals surface area contributed by atoms with Gasteiger partial charge in [0.2, 0.25) is 10.3 Å². The van der Waals surface area contributed by atoms with E-state index in [1.165, 1.54) is 58.2 Å². The van der Waals surface area contributed by atoms with Gasteiger partial charge in [0.25, 0.3) is 0 Å². The first-order valence-corrected chi connectivity index (χ1v) is 10.8. The number of hydrogen-bond donors (Lipinski definition) is 2. The standard InChI is InChI=1S/C18H32N6S/c1-3-23-12-18(13-23)8-10-24(11-9-18)17-22-21-16(25-17)20-14(2)19-15-6-4-5-7-15/h14-15,19H,3-13H2,1-2H3,(H,20,21). The molecule has 3 heterocycles. The van der Waals surface area contributed by atoms with Crippen molar-refractivity contribution in [2.24, 2.45) is 5.41 Å². The van der Waals surface area contributed by atoms with Gasteiger partial charge in [-0.3, -0.25) is 5.32 Å². The largest absolute Gasteiger partial charge is 0.347 e. The third-order valence-electron chi connectivity index (χ3n) is 6.26. The number of nitrogens with zero attached hydrogens (tertiary/aromatic N) is 4. The van der Waals surface area contributed by atoms with Crippen molar-refractivity contribution in [3.05, 3.63) is 0 Å². The van der Waals surface area contributed by atoms with Crippen molar-refractivity contribution in [1.82, 2.24) is 20.4 Å². The number of nitrogens with one attached hydrogen (secondary N) is 2. The highest BCUT2D eigenvalue weighted by Crippen LogP contribution is 2.41. The summed E-state index contributed by atoms with van der Waals surface area (Å²) < 4.78 is 0. The lowest BCUT2D eigenvalue weighted by molar-refractivity contribution is -0.0143. The fourth-order valence-electron chi connectivity index (χ4n) is 4.69. The van der Waals surface area contributed by atoms with Crippen LogP contribution in [0.4, 0.5) is 10.3 Å². The molecule has 1 unspecified atom stereocenters. The first-order chi connectivity index (χ1) is 12.2. The third-order valence-corrected chi connectivity index (χ3v) is 7.17. The van der Waals surface area contributed by atoms with Gasteiger partial charge >= 0.3 is 0 Å². The molecule has 3 fully saturated rings. The molecule has 2 aliphatic heterocycles. The Morgan fingerprint density at radius 3 is 2.60 bits per heavy atom. The van der Waals surface area contributed by atoms with Crippen LogP contribution in [0.25, 0.3) is 0 Å². The molecule has 1 atom stereocenters. The van der Waals surface area contributed by atoms with Crippen LogP contribution in [0.2, 0.25) is 0 Å². The van der Waals surface area contributed by atoms with Crippen LogP contribution in [0.5, 0.6) is 0 Å². The fourth-order valence-corrected chi connectivity index (χ4v) is 5.57. The minimum absolute atomic E-state index is 0.253. The highest BCUT2D eigenvalue weighted by molar-refractivity contribution is 7.19. The van der Waals surface area contributed by atoms with Gasteiger partial charge in [0, 0.05) is 32.2 Å². The molecule has 0 radical (unpaired) electrons. The van der Waals surface area contributed by atoms with Crippen LogP contribution < -0.4 is 15.5 Å². The Kier molecular flexibility index (Phi) is 5.15. The van der Waals surface area contributed by atoms with Crippen molar-refractivity contribution in [3.8, 4) is 0 Å². The molecule has 25 heavy (non-hydrogen) atoms. The van der Waals surface area contributed by atoms with Gasteiger partial charge < -0.3 is 15.1 Å². The van der Waals surface area contributed by atoms with E-state index >= 15 is 0 Å². The summed E-state index contributed by atoms with van der Waals surface area (Å²) in [5.41, 5.74) is 0.595. The van der Waals surface area contributed by atoms with Crippen molar-refractivity contribution < 1.29 is 0 Å². The van der Waals surface area contributed by atoms with Crippen LogP contribution in [0.3, 0.4) is 0 Å². The predicted molar refractivity (Wildman–Crippen MR) is 104 cm³/mol. The predicted octanol–water partition coefficient (Wildman–Crippen LogP) is 2.75. The van der Waals surface area contributed by atoms with E-state index in [4.69, 9.17) is 0 Å². The smallest absolute Gasteiger partial charge is 0.209 e. The van der Waals surface area contributed by atoms with Crippen LogP contribution in [-0.4, -0.2) is 60.0 Å². The summed E-state index contributed by atoms with van der Waals surface area (Å²) in [7, 11) is 0. The lowest BCUT2D eigenvalue weighted by Crippen LogP contribution is -2.60. The van der Waals surface area contributed by atoms with E-state index in [-0.39, 0.29) is 6.17 Å². The number of piperidine rings is 1. The van der Waals surface area contributed by atoms with E-state index in [0.717, 1.165) is 23.4 Å². The molecule has 6 nitrogen and oxygen atoms in total. The average Bonchev–Trinajstić information content (AvgIpc) is 3.24. The van der Waals surface area contributed by atoms with Gasteiger partial charge in [-0.25, -0.2) is 0 Å². The zero-order valence-electron chi connectivity index (χ0n) is 15.6. The van der Waals surface area contributed by atoms with Gasteiger partial charge in [-0.2, -0.15) is 0 Å². The molecule has 1 spiro atoms. The molecule has 1 saturated carbocycles. The zero-order valence-corrected chi connectivity index (χ0v) is 16.4. The van der Waals surface area contributed by atoms with Gasteiger partial charge in [0.15, 0.2) is 0 Å². The van der Waals surface area contributed by atoms with E-state index in [1.807, 2.05) is 0 Å². The molecular formula is C18H32N6S. The van der Waals surface area contributed by atoms with Gasteiger partial charge in [-0.1, -0.05) is 31.1 Å². The van der Waals surface area contributed by atoms with Crippen LogP contribution >= 0.6 is 11.3 Å². The minimum atomic E-state index is 0.253. The average molecular weight is 365 g/mol. The first-order valence-electron chi connectivity index (χ1n) is 9.99. The Bertz CT molecular complexity index is 554. The maximum Gasteiger partial charge on any atom is 0.209 e. The molecular weight excluding hydrogens is 332 g/mol. The van der Waals surface area contributed by atoms with E-state index in [9.17, 15) is 0 Å². The van der Waals surface area contributed by atoms with Gasteiger partial charge in [0.05, 0.1) is 6.17 Å². The van der Waals surface area contributed by atoms with Crippen molar-refractivity contribution in [2.75, 3.05) is 42.9 Å². The topological polar surface area (TPSA) is 56.3 Å². The second kappa shape index (κ2) is 7.37. The summed E-state index contributed by atoms with van der Waals surface area (Å²) >= 11 is 1.70. The van der Waals surface area contributed by atoms with Crippen molar-refractivity contribution in [3.63, 3.8) is 0 Å². The summed E-state index contributed by atoms with van der Waals surface area (Å²) in [6, 6.07) is 0.665. The molecule has 2 saturated heterocycles. The molecule has 0 aromatic carbocycles. The van der Waals surface area contributed by atoms with Crippen LogP contribution in [0.15, 0.2) is 0 Å². The van der Waals surface area contributed by atoms with E-state index in [2.05, 4.69) is 44.5 Å². The summed E-state index contributed by atoms with van der Waals surface area (Å²) in [6.07, 6.45) is 8.18. The molecule has 140 valence electrons. The molecule has 1 aromatic rings. The monoisotopic (exact) mass is 364 g/mol. The number of aromatic nitrogens is 2. The minimum Gasteiger partial charge on any atom is -0.347 e. The molecule has 7 heteroatoms. The van der Waals surface area contributed by atoms with E-state index in [0.29, 0.717) is 11.5 Å². The summed E-state index contributed by atoms with van der Waals surface area (Å²) in [5, 5.41) is 18.0. The Morgan fingerprint density at radius 1 is 1.20 bits per heavy atom. The van der Waals surface area contributed by atoms with Crippen molar-refractivity contribution >= 4 is 21.6 Å². The molecule has 2 N–H and O–H groups in total. The Hall–Kier alpha value is -0.920. The summed E-state index contributed by atoms with van der Waals surface area (Å²) in [6.45, 7) is 10.5.